The molecule has 5 nitrogen and oxygen atoms in total. The van der Waals surface area contributed by atoms with Crippen molar-refractivity contribution in [2.75, 3.05) is 0 Å². The third-order valence-corrected chi connectivity index (χ3v) is 11.4. The standard InChI is InChI=1S/C52H31N5/c1-3-12-37-29-40(22-18-32(37)9-1)51-54-50(55-52(56-51)41-23-19-33-10-2-4-13-38(33)30-41)36-20-16-34(17-21-36)39-25-26-43-45(31-39)47-42-14-6-5-11-35(42)24-27-44(47)48-49(43)57-28-8-7-15-46(57)53-48/h1-31H. The van der Waals surface area contributed by atoms with E-state index in [9.17, 15) is 0 Å². The number of aromatic nitrogens is 5. The minimum atomic E-state index is 0.633. The highest BCUT2D eigenvalue weighted by molar-refractivity contribution is 6.30. The van der Waals surface area contributed by atoms with E-state index in [0.29, 0.717) is 17.5 Å². The zero-order chi connectivity index (χ0) is 37.5. The summed E-state index contributed by atoms with van der Waals surface area (Å²) in [5, 5.41) is 11.9. The summed E-state index contributed by atoms with van der Waals surface area (Å²) in [5.74, 6) is 1.92. The maximum Gasteiger partial charge on any atom is 0.164 e. The van der Waals surface area contributed by atoms with Crippen LogP contribution >= 0.6 is 0 Å². The lowest BCUT2D eigenvalue weighted by Gasteiger charge is -2.13. The average Bonchev–Trinajstić information content (AvgIpc) is 3.68. The molecular formula is C52H31N5. The first-order valence-electron chi connectivity index (χ1n) is 19.2. The van der Waals surface area contributed by atoms with Crippen molar-refractivity contribution >= 4 is 70.5 Å². The molecule has 12 rings (SSSR count). The van der Waals surface area contributed by atoms with Gasteiger partial charge in [0, 0.05) is 33.7 Å². The van der Waals surface area contributed by atoms with Crippen LogP contribution in [0.3, 0.4) is 0 Å². The summed E-state index contributed by atoms with van der Waals surface area (Å²) in [6.07, 6.45) is 2.11. The Kier molecular flexibility index (Phi) is 6.86. The van der Waals surface area contributed by atoms with E-state index in [1.54, 1.807) is 0 Å². The zero-order valence-corrected chi connectivity index (χ0v) is 30.6. The molecule has 0 radical (unpaired) electrons. The molecule has 9 aromatic carbocycles. The fourth-order valence-corrected chi connectivity index (χ4v) is 8.57. The first-order valence-corrected chi connectivity index (χ1v) is 19.2. The van der Waals surface area contributed by atoms with Crippen molar-refractivity contribution in [3.63, 3.8) is 0 Å². The molecule has 57 heavy (non-hydrogen) atoms. The van der Waals surface area contributed by atoms with E-state index in [2.05, 4.69) is 187 Å². The molecule has 264 valence electrons. The molecule has 0 atom stereocenters. The van der Waals surface area contributed by atoms with E-state index in [-0.39, 0.29) is 0 Å². The predicted molar refractivity (Wildman–Crippen MR) is 235 cm³/mol. The van der Waals surface area contributed by atoms with Crippen molar-refractivity contribution in [1.82, 2.24) is 24.3 Å². The van der Waals surface area contributed by atoms with Gasteiger partial charge in [0.15, 0.2) is 17.5 Å². The van der Waals surface area contributed by atoms with Crippen molar-refractivity contribution < 1.29 is 0 Å². The van der Waals surface area contributed by atoms with Crippen molar-refractivity contribution in [3.8, 4) is 45.3 Å². The molecule has 0 unspecified atom stereocenters. The monoisotopic (exact) mass is 725 g/mol. The van der Waals surface area contributed by atoms with Gasteiger partial charge in [-0.05, 0) is 84.5 Å². The molecule has 0 aliphatic heterocycles. The second kappa shape index (κ2) is 12.4. The molecule has 0 aliphatic rings. The SMILES string of the molecule is c1ccc2cc(-c3nc(-c4ccc(-c5ccc6c(c5)c5c7ccccc7ccc5c5nc7ccccn7c65)cc4)nc(-c4ccc5ccccc5c4)n3)ccc2c1. The summed E-state index contributed by atoms with van der Waals surface area (Å²) in [7, 11) is 0. The number of pyridine rings is 1. The van der Waals surface area contributed by atoms with Crippen LogP contribution in [0, 0.1) is 0 Å². The van der Waals surface area contributed by atoms with Crippen LogP contribution in [0.25, 0.3) is 116 Å². The summed E-state index contributed by atoms with van der Waals surface area (Å²) < 4.78 is 2.22. The molecule has 3 heterocycles. The molecule has 0 amide bonds. The zero-order valence-electron chi connectivity index (χ0n) is 30.6. The summed E-state index contributed by atoms with van der Waals surface area (Å²) >= 11 is 0. The second-order valence-electron chi connectivity index (χ2n) is 14.7. The Morgan fingerprint density at radius 2 is 0.842 bits per heavy atom. The molecule has 3 aromatic heterocycles. The molecular weight excluding hydrogens is 695 g/mol. The Balaban J connectivity index is 1.01. The lowest BCUT2D eigenvalue weighted by molar-refractivity contribution is 1.08. The Bertz CT molecular complexity index is 3490. The van der Waals surface area contributed by atoms with Gasteiger partial charge in [-0.3, -0.25) is 4.40 Å². The van der Waals surface area contributed by atoms with Gasteiger partial charge < -0.3 is 0 Å². The predicted octanol–water partition coefficient (Wildman–Crippen LogP) is 13.1. The van der Waals surface area contributed by atoms with Crippen molar-refractivity contribution in [1.29, 1.82) is 0 Å². The van der Waals surface area contributed by atoms with Crippen LogP contribution in [0.2, 0.25) is 0 Å². The molecule has 5 heteroatoms. The number of hydrogen-bond acceptors (Lipinski definition) is 4. The number of nitrogens with zero attached hydrogens (tertiary/aromatic N) is 5. The number of rotatable bonds is 4. The van der Waals surface area contributed by atoms with Crippen molar-refractivity contribution in [3.05, 3.63) is 188 Å². The summed E-state index contributed by atoms with van der Waals surface area (Å²) in [4.78, 5) is 20.4. The van der Waals surface area contributed by atoms with Gasteiger partial charge in [-0.25, -0.2) is 19.9 Å². The minimum Gasteiger partial charge on any atom is -0.299 e. The molecule has 0 saturated heterocycles. The topological polar surface area (TPSA) is 56.0 Å². The first-order chi connectivity index (χ1) is 28.2. The lowest BCUT2D eigenvalue weighted by Crippen LogP contribution is -2.00. The number of imidazole rings is 1. The third kappa shape index (κ3) is 5.10. The van der Waals surface area contributed by atoms with E-state index < -0.39 is 0 Å². The van der Waals surface area contributed by atoms with Crippen molar-refractivity contribution in [2.45, 2.75) is 0 Å². The van der Waals surface area contributed by atoms with E-state index in [0.717, 1.165) is 60.7 Å². The fraction of sp³-hybridized carbons (Fsp3) is 0. The molecule has 0 saturated carbocycles. The van der Waals surface area contributed by atoms with Crippen LogP contribution in [0.5, 0.6) is 0 Å². The molecule has 0 fully saturated rings. The first kappa shape index (κ1) is 31.6. The van der Waals surface area contributed by atoms with E-state index in [1.807, 2.05) is 6.07 Å². The number of hydrogen-bond donors (Lipinski definition) is 0. The van der Waals surface area contributed by atoms with Gasteiger partial charge in [-0.15, -0.1) is 0 Å². The van der Waals surface area contributed by atoms with Gasteiger partial charge >= 0.3 is 0 Å². The summed E-state index contributed by atoms with van der Waals surface area (Å²) in [6, 6.07) is 64.3. The smallest absolute Gasteiger partial charge is 0.164 e. The van der Waals surface area contributed by atoms with Gasteiger partial charge in [0.1, 0.15) is 5.65 Å². The van der Waals surface area contributed by atoms with Crippen LogP contribution in [0.15, 0.2) is 188 Å². The molecule has 0 aliphatic carbocycles. The highest BCUT2D eigenvalue weighted by Gasteiger charge is 2.18. The Morgan fingerprint density at radius 1 is 0.316 bits per heavy atom. The van der Waals surface area contributed by atoms with E-state index in [1.165, 1.54) is 37.7 Å². The maximum atomic E-state index is 5.14. The molecule has 0 bridgehead atoms. The third-order valence-electron chi connectivity index (χ3n) is 11.4. The van der Waals surface area contributed by atoms with Crippen LogP contribution in [0.4, 0.5) is 0 Å². The van der Waals surface area contributed by atoms with Crippen LogP contribution < -0.4 is 0 Å². The Labute approximate surface area is 327 Å². The lowest BCUT2D eigenvalue weighted by atomic mass is 9.92. The highest BCUT2D eigenvalue weighted by Crippen LogP contribution is 2.41. The minimum absolute atomic E-state index is 0.633. The van der Waals surface area contributed by atoms with E-state index in [4.69, 9.17) is 19.9 Å². The quantitative estimate of drug-likeness (QED) is 0.170. The van der Waals surface area contributed by atoms with Crippen LogP contribution in [0.1, 0.15) is 0 Å². The highest BCUT2D eigenvalue weighted by atomic mass is 15.0. The number of fused-ring (bicyclic) bond motifs is 12. The second-order valence-corrected chi connectivity index (χ2v) is 14.7. The van der Waals surface area contributed by atoms with Gasteiger partial charge in [-0.1, -0.05) is 152 Å². The fourth-order valence-electron chi connectivity index (χ4n) is 8.57. The van der Waals surface area contributed by atoms with Gasteiger partial charge in [0.25, 0.3) is 0 Å². The molecule has 0 N–H and O–H groups in total. The summed E-state index contributed by atoms with van der Waals surface area (Å²) in [5.41, 5.74) is 8.18. The normalized spacial score (nSPS) is 11.9. The van der Waals surface area contributed by atoms with Gasteiger partial charge in [0.2, 0.25) is 0 Å². The summed E-state index contributed by atoms with van der Waals surface area (Å²) in [6.45, 7) is 0. The molecule has 12 aromatic rings. The van der Waals surface area contributed by atoms with Crippen LogP contribution in [-0.4, -0.2) is 24.3 Å². The average molecular weight is 726 g/mol. The van der Waals surface area contributed by atoms with E-state index >= 15 is 0 Å². The Morgan fingerprint density at radius 3 is 1.54 bits per heavy atom. The van der Waals surface area contributed by atoms with Gasteiger partial charge in [0.05, 0.1) is 11.0 Å². The van der Waals surface area contributed by atoms with Crippen molar-refractivity contribution in [2.24, 2.45) is 0 Å². The Hall–Kier alpha value is -7.76. The van der Waals surface area contributed by atoms with Gasteiger partial charge in [-0.2, -0.15) is 0 Å². The largest absolute Gasteiger partial charge is 0.299 e. The van der Waals surface area contributed by atoms with Crippen LogP contribution in [-0.2, 0) is 0 Å². The number of benzene rings is 9. The molecule has 0 spiro atoms. The maximum absolute atomic E-state index is 5.14.